The summed E-state index contributed by atoms with van der Waals surface area (Å²) in [4.78, 5) is 11.6. The largest absolute Gasteiger partial charge is 0.301 e. The lowest BCUT2D eigenvalue weighted by molar-refractivity contribution is -0.108. The molecule has 0 aliphatic heterocycles. The summed E-state index contributed by atoms with van der Waals surface area (Å²) in [6.45, 7) is 6.18. The van der Waals surface area contributed by atoms with Gasteiger partial charge in [0.2, 0.25) is 0 Å². The molecule has 2 heteroatoms. The molecule has 1 aromatic rings. The SMILES string of the molecule is C[Si](C)(C)C(=O)C=Cc1ccccc1. The van der Waals surface area contributed by atoms with Gasteiger partial charge >= 0.3 is 0 Å². The molecule has 0 bridgehead atoms. The smallest absolute Gasteiger partial charge is 0.132 e. The Morgan fingerprint density at radius 2 is 1.71 bits per heavy atom. The first-order valence-corrected chi connectivity index (χ1v) is 8.28. The predicted molar refractivity (Wildman–Crippen MR) is 63.8 cm³/mol. The van der Waals surface area contributed by atoms with E-state index in [4.69, 9.17) is 0 Å². The molecule has 0 atom stereocenters. The molecule has 0 aromatic heterocycles. The van der Waals surface area contributed by atoms with Crippen molar-refractivity contribution in [3.63, 3.8) is 0 Å². The van der Waals surface area contributed by atoms with Crippen molar-refractivity contribution < 1.29 is 4.79 Å². The molecule has 0 heterocycles. The third-order valence-electron chi connectivity index (χ3n) is 1.97. The van der Waals surface area contributed by atoms with Crippen molar-refractivity contribution in [1.29, 1.82) is 0 Å². The van der Waals surface area contributed by atoms with Gasteiger partial charge in [0.1, 0.15) is 13.5 Å². The topological polar surface area (TPSA) is 17.1 Å². The standard InChI is InChI=1S/C12H16OSi/c1-14(2,3)12(13)10-9-11-7-5-4-6-8-11/h4-10H,1-3H3. The number of carbonyl (C=O) groups is 1. The maximum Gasteiger partial charge on any atom is 0.132 e. The molecule has 0 unspecified atom stereocenters. The van der Waals surface area contributed by atoms with Crippen molar-refractivity contribution in [2.24, 2.45) is 0 Å². The average Bonchev–Trinajstić information content (AvgIpc) is 2.14. The zero-order chi connectivity index (χ0) is 10.6. The molecule has 74 valence electrons. The summed E-state index contributed by atoms with van der Waals surface area (Å²) in [6.07, 6.45) is 3.60. The fourth-order valence-corrected chi connectivity index (χ4v) is 1.57. The number of carbonyl (C=O) groups excluding carboxylic acids is 1. The third kappa shape index (κ3) is 3.30. The third-order valence-corrected chi connectivity index (χ3v) is 3.61. The van der Waals surface area contributed by atoms with Gasteiger partial charge in [-0.3, -0.25) is 0 Å². The molecule has 0 amide bonds. The minimum absolute atomic E-state index is 0.293. The van der Waals surface area contributed by atoms with Crippen LogP contribution in [-0.4, -0.2) is 13.5 Å². The van der Waals surface area contributed by atoms with Crippen molar-refractivity contribution in [2.45, 2.75) is 19.6 Å². The Morgan fingerprint density at radius 3 is 2.21 bits per heavy atom. The van der Waals surface area contributed by atoms with E-state index in [1.807, 2.05) is 36.4 Å². The maximum atomic E-state index is 11.6. The van der Waals surface area contributed by atoms with Crippen molar-refractivity contribution in [1.82, 2.24) is 0 Å². The highest BCUT2D eigenvalue weighted by Gasteiger charge is 2.20. The summed E-state index contributed by atoms with van der Waals surface area (Å²) in [5.74, 6) is 0. The molecule has 0 saturated heterocycles. The normalized spacial score (nSPS) is 11.9. The summed E-state index contributed by atoms with van der Waals surface area (Å²) in [5.41, 5.74) is 1.08. The molecule has 14 heavy (non-hydrogen) atoms. The average molecular weight is 204 g/mol. The first kappa shape index (κ1) is 10.9. The Balaban J connectivity index is 2.71. The molecule has 0 aliphatic carbocycles. The number of benzene rings is 1. The lowest BCUT2D eigenvalue weighted by Crippen LogP contribution is -2.31. The van der Waals surface area contributed by atoms with Crippen LogP contribution in [0.25, 0.3) is 6.08 Å². The van der Waals surface area contributed by atoms with Gasteiger partial charge in [0.25, 0.3) is 0 Å². The van der Waals surface area contributed by atoms with Gasteiger partial charge in [-0.15, -0.1) is 0 Å². The Labute approximate surface area is 86.5 Å². The van der Waals surface area contributed by atoms with Crippen LogP contribution in [0.3, 0.4) is 0 Å². The van der Waals surface area contributed by atoms with E-state index in [1.54, 1.807) is 6.08 Å². The number of hydrogen-bond donors (Lipinski definition) is 0. The summed E-state index contributed by atoms with van der Waals surface area (Å²) >= 11 is 0. The first-order chi connectivity index (χ1) is 6.50. The Bertz CT molecular complexity index is 333. The van der Waals surface area contributed by atoms with Gasteiger partial charge in [0, 0.05) is 0 Å². The van der Waals surface area contributed by atoms with E-state index in [0.29, 0.717) is 5.41 Å². The monoisotopic (exact) mass is 204 g/mol. The van der Waals surface area contributed by atoms with Crippen LogP contribution in [0, 0.1) is 0 Å². The van der Waals surface area contributed by atoms with E-state index < -0.39 is 8.07 Å². The minimum atomic E-state index is -1.64. The molecular formula is C12H16OSi. The van der Waals surface area contributed by atoms with Gasteiger partial charge in [-0.25, -0.2) is 0 Å². The molecule has 0 aliphatic rings. The highest BCUT2D eigenvalue weighted by atomic mass is 28.3. The van der Waals surface area contributed by atoms with E-state index in [9.17, 15) is 4.79 Å². The summed E-state index contributed by atoms with van der Waals surface area (Å²) < 4.78 is 0. The fraction of sp³-hybridized carbons (Fsp3) is 0.250. The second-order valence-corrected chi connectivity index (χ2v) is 9.35. The Kier molecular flexibility index (Phi) is 3.41. The summed E-state index contributed by atoms with van der Waals surface area (Å²) in [5, 5.41) is 0.293. The molecular weight excluding hydrogens is 188 g/mol. The summed E-state index contributed by atoms with van der Waals surface area (Å²) in [7, 11) is -1.64. The minimum Gasteiger partial charge on any atom is -0.301 e. The van der Waals surface area contributed by atoms with Crippen LogP contribution in [0.1, 0.15) is 5.56 Å². The zero-order valence-electron chi connectivity index (χ0n) is 8.95. The van der Waals surface area contributed by atoms with Crippen LogP contribution in [0.4, 0.5) is 0 Å². The first-order valence-electron chi connectivity index (χ1n) is 4.78. The zero-order valence-corrected chi connectivity index (χ0v) is 9.95. The van der Waals surface area contributed by atoms with Crippen molar-refractivity contribution in [3.8, 4) is 0 Å². The van der Waals surface area contributed by atoms with Crippen LogP contribution in [0.15, 0.2) is 36.4 Å². The van der Waals surface area contributed by atoms with Gasteiger partial charge in [0.15, 0.2) is 0 Å². The van der Waals surface area contributed by atoms with E-state index in [0.717, 1.165) is 5.56 Å². The number of allylic oxidation sites excluding steroid dienone is 1. The quantitative estimate of drug-likeness (QED) is 0.546. The van der Waals surface area contributed by atoms with E-state index in [-0.39, 0.29) is 0 Å². The van der Waals surface area contributed by atoms with E-state index >= 15 is 0 Å². The van der Waals surface area contributed by atoms with E-state index in [2.05, 4.69) is 19.6 Å². The van der Waals surface area contributed by atoms with Crippen LogP contribution < -0.4 is 0 Å². The lowest BCUT2D eigenvalue weighted by atomic mass is 10.2. The summed E-state index contributed by atoms with van der Waals surface area (Å²) in [6, 6.07) is 9.90. The van der Waals surface area contributed by atoms with Gasteiger partial charge in [0.05, 0.1) is 0 Å². The van der Waals surface area contributed by atoms with Crippen molar-refractivity contribution >= 4 is 19.6 Å². The van der Waals surface area contributed by atoms with Crippen LogP contribution in [-0.2, 0) is 4.79 Å². The van der Waals surface area contributed by atoms with Crippen LogP contribution in [0.2, 0.25) is 19.6 Å². The molecule has 0 spiro atoms. The highest BCUT2D eigenvalue weighted by molar-refractivity contribution is 7.05. The molecule has 0 fully saturated rings. The fourth-order valence-electron chi connectivity index (χ4n) is 0.986. The van der Waals surface area contributed by atoms with Gasteiger partial charge in [-0.2, -0.15) is 0 Å². The predicted octanol–water partition coefficient (Wildman–Crippen LogP) is 3.15. The molecule has 1 aromatic carbocycles. The van der Waals surface area contributed by atoms with Crippen molar-refractivity contribution in [2.75, 3.05) is 0 Å². The Morgan fingerprint density at radius 1 is 1.14 bits per heavy atom. The highest BCUT2D eigenvalue weighted by Crippen LogP contribution is 2.06. The lowest BCUT2D eigenvalue weighted by Gasteiger charge is -2.09. The molecule has 1 rings (SSSR count). The number of hydrogen-bond acceptors (Lipinski definition) is 1. The Hall–Kier alpha value is -1.15. The van der Waals surface area contributed by atoms with Crippen LogP contribution in [0.5, 0.6) is 0 Å². The molecule has 0 radical (unpaired) electrons. The van der Waals surface area contributed by atoms with Gasteiger partial charge < -0.3 is 4.79 Å². The molecule has 0 saturated carbocycles. The van der Waals surface area contributed by atoms with Crippen LogP contribution >= 0.6 is 0 Å². The molecule has 1 nitrogen and oxygen atoms in total. The van der Waals surface area contributed by atoms with Gasteiger partial charge in [-0.05, 0) is 11.6 Å². The van der Waals surface area contributed by atoms with E-state index in [1.165, 1.54) is 0 Å². The second-order valence-electron chi connectivity index (χ2n) is 4.36. The number of rotatable bonds is 3. The second kappa shape index (κ2) is 4.38. The van der Waals surface area contributed by atoms with Crippen molar-refractivity contribution in [3.05, 3.63) is 42.0 Å². The maximum absolute atomic E-state index is 11.6. The molecule has 0 N–H and O–H groups in total. The van der Waals surface area contributed by atoms with Gasteiger partial charge in [-0.1, -0.05) is 56.0 Å².